The van der Waals surface area contributed by atoms with E-state index in [2.05, 4.69) is 5.32 Å². The summed E-state index contributed by atoms with van der Waals surface area (Å²) in [6.07, 6.45) is 5.08. The van der Waals surface area contributed by atoms with Crippen LogP contribution in [0.25, 0.3) is 0 Å². The highest BCUT2D eigenvalue weighted by Gasteiger charge is 2.18. The second kappa shape index (κ2) is 7.29. The lowest BCUT2D eigenvalue weighted by Gasteiger charge is -2.17. The Hall–Kier alpha value is -1.55. The molecule has 4 nitrogen and oxygen atoms in total. The molecule has 0 aromatic heterocycles. The van der Waals surface area contributed by atoms with E-state index in [-0.39, 0.29) is 11.8 Å². The molecule has 1 aromatic carbocycles. The van der Waals surface area contributed by atoms with Gasteiger partial charge in [-0.05, 0) is 31.7 Å². The first-order valence-electron chi connectivity index (χ1n) is 7.43. The summed E-state index contributed by atoms with van der Waals surface area (Å²) in [7, 11) is 0. The molecule has 1 unspecified atom stereocenters. The number of para-hydroxylation sites is 1. The number of benzene rings is 1. The topological polar surface area (TPSA) is 64.4 Å². The molecular weight excluding hydrogens is 252 g/mol. The lowest BCUT2D eigenvalue weighted by atomic mass is 10.1. The molecule has 0 bridgehead atoms. The van der Waals surface area contributed by atoms with Gasteiger partial charge < -0.3 is 15.8 Å². The van der Waals surface area contributed by atoms with Crippen molar-refractivity contribution in [1.82, 2.24) is 5.32 Å². The molecule has 1 amide bonds. The molecule has 4 heteroatoms. The Labute approximate surface area is 120 Å². The van der Waals surface area contributed by atoms with E-state index in [1.807, 2.05) is 31.2 Å². The summed E-state index contributed by atoms with van der Waals surface area (Å²) in [5.41, 5.74) is 6.52. The molecular formula is C16H24N2O2. The fraction of sp³-hybridized carbons (Fsp3) is 0.562. The van der Waals surface area contributed by atoms with E-state index >= 15 is 0 Å². The maximum atomic E-state index is 11.8. The number of rotatable bonds is 6. The van der Waals surface area contributed by atoms with Crippen LogP contribution in [0.2, 0.25) is 0 Å². The average molecular weight is 276 g/mol. The van der Waals surface area contributed by atoms with Crippen molar-refractivity contribution in [3.05, 3.63) is 29.8 Å². The summed E-state index contributed by atoms with van der Waals surface area (Å²) in [5.74, 6) is 0.723. The zero-order valence-electron chi connectivity index (χ0n) is 12.1. The lowest BCUT2D eigenvalue weighted by Crippen LogP contribution is -2.32. The van der Waals surface area contributed by atoms with Crippen molar-refractivity contribution in [2.45, 2.75) is 45.3 Å². The molecule has 20 heavy (non-hydrogen) atoms. The van der Waals surface area contributed by atoms with Crippen molar-refractivity contribution in [2.24, 2.45) is 11.7 Å². The van der Waals surface area contributed by atoms with Gasteiger partial charge in [0.05, 0.1) is 6.10 Å². The second-order valence-electron chi connectivity index (χ2n) is 5.49. The second-order valence-corrected chi connectivity index (χ2v) is 5.49. The van der Waals surface area contributed by atoms with Gasteiger partial charge in [-0.25, -0.2) is 0 Å². The minimum atomic E-state index is -0.155. The molecule has 1 aliphatic carbocycles. The molecule has 1 aliphatic rings. The van der Waals surface area contributed by atoms with Gasteiger partial charge >= 0.3 is 0 Å². The van der Waals surface area contributed by atoms with Gasteiger partial charge in [0.2, 0.25) is 5.91 Å². The predicted octanol–water partition coefficient (Wildman–Crippen LogP) is 2.22. The van der Waals surface area contributed by atoms with Crippen molar-refractivity contribution in [3.63, 3.8) is 0 Å². The molecule has 0 radical (unpaired) electrons. The summed E-state index contributed by atoms with van der Waals surface area (Å²) in [4.78, 5) is 11.8. The molecule has 0 heterocycles. The maximum absolute atomic E-state index is 11.8. The third-order valence-electron chi connectivity index (χ3n) is 3.82. The van der Waals surface area contributed by atoms with E-state index in [4.69, 9.17) is 10.5 Å². The number of nitrogens with one attached hydrogen (secondary N) is 1. The molecule has 1 aromatic rings. The lowest BCUT2D eigenvalue weighted by molar-refractivity contribution is -0.124. The molecule has 110 valence electrons. The molecule has 2 rings (SSSR count). The zero-order chi connectivity index (χ0) is 14.4. The smallest absolute Gasteiger partial charge is 0.224 e. The standard InChI is InChI=1S/C16H24N2O2/c1-12(10-17)16(19)18-11-13-6-2-5-9-15(13)20-14-7-3-4-8-14/h2,5-6,9,12,14H,3-4,7-8,10-11,17H2,1H3,(H,18,19). The minimum absolute atomic E-state index is 0.0110. The SMILES string of the molecule is CC(CN)C(=O)NCc1ccccc1OC1CCCC1. The highest BCUT2D eigenvalue weighted by Crippen LogP contribution is 2.26. The quantitative estimate of drug-likeness (QED) is 0.837. The van der Waals surface area contributed by atoms with Crippen LogP contribution in [-0.2, 0) is 11.3 Å². The number of amides is 1. The first kappa shape index (κ1) is 14.9. The van der Waals surface area contributed by atoms with Crippen LogP contribution in [0.1, 0.15) is 38.2 Å². The molecule has 1 fully saturated rings. The molecule has 1 atom stereocenters. The largest absolute Gasteiger partial charge is 0.490 e. The van der Waals surface area contributed by atoms with Gasteiger partial charge in [-0.2, -0.15) is 0 Å². The monoisotopic (exact) mass is 276 g/mol. The van der Waals surface area contributed by atoms with Crippen molar-refractivity contribution in [3.8, 4) is 5.75 Å². The third kappa shape index (κ3) is 3.97. The molecule has 0 aliphatic heterocycles. The highest BCUT2D eigenvalue weighted by atomic mass is 16.5. The van der Waals surface area contributed by atoms with Gasteiger partial charge in [-0.1, -0.05) is 25.1 Å². The van der Waals surface area contributed by atoms with Crippen molar-refractivity contribution >= 4 is 5.91 Å². The molecule has 0 saturated heterocycles. The Morgan fingerprint density at radius 3 is 2.80 bits per heavy atom. The Bertz CT molecular complexity index is 442. The van der Waals surface area contributed by atoms with Gasteiger partial charge in [-0.15, -0.1) is 0 Å². The fourth-order valence-corrected chi connectivity index (χ4v) is 2.41. The first-order valence-corrected chi connectivity index (χ1v) is 7.43. The Morgan fingerprint density at radius 2 is 2.10 bits per heavy atom. The number of hydrogen-bond donors (Lipinski definition) is 2. The predicted molar refractivity (Wildman–Crippen MR) is 79.4 cm³/mol. The summed E-state index contributed by atoms with van der Waals surface area (Å²) < 4.78 is 6.05. The van der Waals surface area contributed by atoms with E-state index in [1.165, 1.54) is 12.8 Å². The van der Waals surface area contributed by atoms with Crippen LogP contribution in [0.4, 0.5) is 0 Å². The van der Waals surface area contributed by atoms with Crippen LogP contribution < -0.4 is 15.8 Å². The molecule has 1 saturated carbocycles. The number of carbonyl (C=O) groups is 1. The van der Waals surface area contributed by atoms with E-state index in [9.17, 15) is 4.79 Å². The summed E-state index contributed by atoms with van der Waals surface area (Å²) in [5, 5.41) is 2.92. The molecule has 0 spiro atoms. The maximum Gasteiger partial charge on any atom is 0.224 e. The minimum Gasteiger partial charge on any atom is -0.490 e. The van der Waals surface area contributed by atoms with Crippen LogP contribution in [0, 0.1) is 5.92 Å². The number of nitrogens with two attached hydrogens (primary N) is 1. The van der Waals surface area contributed by atoms with Gasteiger partial charge in [0, 0.05) is 24.6 Å². The normalized spacial score (nSPS) is 16.9. The van der Waals surface area contributed by atoms with Crippen molar-refractivity contribution in [2.75, 3.05) is 6.54 Å². The van der Waals surface area contributed by atoms with Gasteiger partial charge in [-0.3, -0.25) is 4.79 Å². The van der Waals surface area contributed by atoms with Crippen molar-refractivity contribution < 1.29 is 9.53 Å². The van der Waals surface area contributed by atoms with E-state index in [0.717, 1.165) is 24.2 Å². The Kier molecular flexibility index (Phi) is 5.41. The number of hydrogen-bond acceptors (Lipinski definition) is 3. The van der Waals surface area contributed by atoms with Gasteiger partial charge in [0.25, 0.3) is 0 Å². The Morgan fingerprint density at radius 1 is 1.40 bits per heavy atom. The summed E-state index contributed by atoms with van der Waals surface area (Å²) in [6, 6.07) is 7.91. The van der Waals surface area contributed by atoms with E-state index < -0.39 is 0 Å². The first-order chi connectivity index (χ1) is 9.70. The van der Waals surface area contributed by atoms with Crippen molar-refractivity contribution in [1.29, 1.82) is 0 Å². The van der Waals surface area contributed by atoms with Gasteiger partial charge in [0.1, 0.15) is 5.75 Å². The summed E-state index contributed by atoms with van der Waals surface area (Å²) >= 11 is 0. The van der Waals surface area contributed by atoms with Crippen LogP contribution in [0.3, 0.4) is 0 Å². The Balaban J connectivity index is 1.95. The molecule has 3 N–H and O–H groups in total. The average Bonchev–Trinajstić information content (AvgIpc) is 2.98. The van der Waals surface area contributed by atoms with Crippen LogP contribution in [0.15, 0.2) is 24.3 Å². The summed E-state index contributed by atoms with van der Waals surface area (Å²) in [6.45, 7) is 2.69. The van der Waals surface area contributed by atoms with Gasteiger partial charge in [0.15, 0.2) is 0 Å². The van der Waals surface area contributed by atoms with Crippen LogP contribution >= 0.6 is 0 Å². The van der Waals surface area contributed by atoms with E-state index in [1.54, 1.807) is 0 Å². The zero-order valence-corrected chi connectivity index (χ0v) is 12.1. The fourth-order valence-electron chi connectivity index (χ4n) is 2.41. The number of carbonyl (C=O) groups excluding carboxylic acids is 1. The highest BCUT2D eigenvalue weighted by molar-refractivity contribution is 5.78. The van der Waals surface area contributed by atoms with Crippen LogP contribution in [-0.4, -0.2) is 18.6 Å². The third-order valence-corrected chi connectivity index (χ3v) is 3.82. The van der Waals surface area contributed by atoms with Crippen LogP contribution in [0.5, 0.6) is 5.75 Å². The van der Waals surface area contributed by atoms with E-state index in [0.29, 0.717) is 19.2 Å². The number of ether oxygens (including phenoxy) is 1.